The van der Waals surface area contributed by atoms with Gasteiger partial charge in [-0.25, -0.2) is 0 Å². The molecule has 0 bridgehead atoms. The Morgan fingerprint density at radius 3 is 2.57 bits per heavy atom. The monoisotopic (exact) mass is 190 g/mol. The molecule has 1 aromatic carbocycles. The van der Waals surface area contributed by atoms with Crippen molar-refractivity contribution < 1.29 is 0 Å². The first-order valence-corrected chi connectivity index (χ1v) is 5.38. The highest BCUT2D eigenvalue weighted by Crippen LogP contribution is 2.23. The van der Waals surface area contributed by atoms with E-state index < -0.39 is 0 Å². The zero-order valence-electron chi connectivity index (χ0n) is 8.50. The summed E-state index contributed by atoms with van der Waals surface area (Å²) < 4.78 is 0. The topological polar surface area (TPSA) is 52.0 Å². The number of aryl methyl sites for hydroxylation is 2. The molecule has 2 heteroatoms. The third-order valence-electron chi connectivity index (χ3n) is 3.05. The molecule has 0 fully saturated rings. The van der Waals surface area contributed by atoms with Crippen LogP contribution in [0.25, 0.3) is 0 Å². The Kier molecular flexibility index (Phi) is 2.85. The average Bonchev–Trinajstić information content (AvgIpc) is 2.27. The molecule has 0 unspecified atom stereocenters. The van der Waals surface area contributed by atoms with Crippen LogP contribution in [0.5, 0.6) is 0 Å². The molecular weight excluding hydrogens is 172 g/mol. The lowest BCUT2D eigenvalue weighted by Gasteiger charge is -2.18. The van der Waals surface area contributed by atoms with Gasteiger partial charge in [0.05, 0.1) is 0 Å². The van der Waals surface area contributed by atoms with Crippen molar-refractivity contribution in [3.05, 3.63) is 34.9 Å². The summed E-state index contributed by atoms with van der Waals surface area (Å²) in [7, 11) is 0. The second-order valence-corrected chi connectivity index (χ2v) is 4.08. The Morgan fingerprint density at radius 1 is 1.14 bits per heavy atom. The highest BCUT2D eigenvalue weighted by Gasteiger charge is 2.11. The molecule has 0 aromatic heterocycles. The van der Waals surface area contributed by atoms with E-state index in [1.165, 1.54) is 42.4 Å². The number of benzene rings is 1. The third-order valence-corrected chi connectivity index (χ3v) is 3.05. The number of nitrogens with two attached hydrogens (primary N) is 2. The van der Waals surface area contributed by atoms with Crippen LogP contribution in [0.4, 0.5) is 0 Å². The smallest absolute Gasteiger partial charge is 0.0419 e. The van der Waals surface area contributed by atoms with Crippen LogP contribution < -0.4 is 11.5 Å². The van der Waals surface area contributed by atoms with E-state index >= 15 is 0 Å². The molecule has 0 saturated heterocycles. The second kappa shape index (κ2) is 4.11. The van der Waals surface area contributed by atoms with Crippen LogP contribution in [0.15, 0.2) is 18.2 Å². The van der Waals surface area contributed by atoms with Gasteiger partial charge in [0, 0.05) is 12.6 Å². The Bertz CT molecular complexity index is 320. The van der Waals surface area contributed by atoms with Gasteiger partial charge in [-0.2, -0.15) is 0 Å². The maximum Gasteiger partial charge on any atom is 0.0419 e. The summed E-state index contributed by atoms with van der Waals surface area (Å²) in [5.41, 5.74) is 15.6. The first kappa shape index (κ1) is 9.69. The van der Waals surface area contributed by atoms with Gasteiger partial charge in [-0.3, -0.25) is 0 Å². The highest BCUT2D eigenvalue weighted by molar-refractivity contribution is 5.35. The van der Waals surface area contributed by atoms with E-state index in [-0.39, 0.29) is 6.04 Å². The quantitative estimate of drug-likeness (QED) is 0.743. The van der Waals surface area contributed by atoms with Crippen LogP contribution in [-0.2, 0) is 12.8 Å². The van der Waals surface area contributed by atoms with Crippen molar-refractivity contribution in [3.8, 4) is 0 Å². The molecular formula is C12H18N2. The van der Waals surface area contributed by atoms with Gasteiger partial charge in [0.2, 0.25) is 0 Å². The van der Waals surface area contributed by atoms with Crippen molar-refractivity contribution >= 4 is 0 Å². The molecule has 0 heterocycles. The second-order valence-electron chi connectivity index (χ2n) is 4.08. The van der Waals surface area contributed by atoms with Crippen molar-refractivity contribution in [3.63, 3.8) is 0 Å². The SMILES string of the molecule is NC[C@H](N)c1ccc2c(c1)CCCC2. The minimum Gasteiger partial charge on any atom is -0.329 e. The standard InChI is InChI=1S/C12H18N2/c13-8-12(14)11-6-5-9-3-1-2-4-10(9)7-11/h5-7,12H,1-4,8,13-14H2/t12-/m0/s1. The molecule has 0 amide bonds. The Hall–Kier alpha value is -0.860. The van der Waals surface area contributed by atoms with Crippen molar-refractivity contribution in [2.24, 2.45) is 11.5 Å². The van der Waals surface area contributed by atoms with E-state index in [0.717, 1.165) is 0 Å². The molecule has 2 nitrogen and oxygen atoms in total. The Balaban J connectivity index is 2.29. The summed E-state index contributed by atoms with van der Waals surface area (Å²) >= 11 is 0. The summed E-state index contributed by atoms with van der Waals surface area (Å²) in [5.74, 6) is 0. The predicted molar refractivity (Wildman–Crippen MR) is 59.1 cm³/mol. The van der Waals surface area contributed by atoms with Gasteiger partial charge >= 0.3 is 0 Å². The molecule has 0 radical (unpaired) electrons. The molecule has 0 saturated carbocycles. The molecule has 76 valence electrons. The zero-order chi connectivity index (χ0) is 9.97. The lowest BCUT2D eigenvalue weighted by molar-refractivity contribution is 0.677. The summed E-state index contributed by atoms with van der Waals surface area (Å²) in [5, 5.41) is 0. The molecule has 14 heavy (non-hydrogen) atoms. The van der Waals surface area contributed by atoms with Gasteiger partial charge < -0.3 is 11.5 Å². The van der Waals surface area contributed by atoms with E-state index in [2.05, 4.69) is 18.2 Å². The molecule has 4 N–H and O–H groups in total. The van der Waals surface area contributed by atoms with Gasteiger partial charge in [0.25, 0.3) is 0 Å². The molecule has 0 aliphatic heterocycles. The van der Waals surface area contributed by atoms with Crippen LogP contribution in [0.2, 0.25) is 0 Å². The number of hydrogen-bond acceptors (Lipinski definition) is 2. The van der Waals surface area contributed by atoms with Gasteiger partial charge in [0.1, 0.15) is 0 Å². The highest BCUT2D eigenvalue weighted by atomic mass is 14.7. The lowest BCUT2D eigenvalue weighted by Crippen LogP contribution is -2.21. The Labute approximate surface area is 85.3 Å². The molecule has 1 aliphatic rings. The fourth-order valence-corrected chi connectivity index (χ4v) is 2.12. The van der Waals surface area contributed by atoms with Crippen molar-refractivity contribution in [1.29, 1.82) is 0 Å². The van der Waals surface area contributed by atoms with E-state index in [1.807, 2.05) is 0 Å². The normalized spacial score (nSPS) is 17.6. The van der Waals surface area contributed by atoms with Crippen LogP contribution in [0.1, 0.15) is 35.6 Å². The van der Waals surface area contributed by atoms with Gasteiger partial charge in [-0.15, -0.1) is 0 Å². The van der Waals surface area contributed by atoms with Crippen molar-refractivity contribution in [1.82, 2.24) is 0 Å². The Morgan fingerprint density at radius 2 is 1.86 bits per heavy atom. The molecule has 2 rings (SSSR count). The van der Waals surface area contributed by atoms with Crippen molar-refractivity contribution in [2.45, 2.75) is 31.7 Å². The first-order chi connectivity index (χ1) is 6.81. The van der Waals surface area contributed by atoms with E-state index in [1.54, 1.807) is 0 Å². The van der Waals surface area contributed by atoms with E-state index in [0.29, 0.717) is 6.54 Å². The maximum atomic E-state index is 5.90. The van der Waals surface area contributed by atoms with Gasteiger partial charge in [0.15, 0.2) is 0 Å². The summed E-state index contributed by atoms with van der Waals surface area (Å²) in [6, 6.07) is 6.59. The van der Waals surface area contributed by atoms with Crippen LogP contribution in [-0.4, -0.2) is 6.54 Å². The van der Waals surface area contributed by atoms with Crippen LogP contribution >= 0.6 is 0 Å². The first-order valence-electron chi connectivity index (χ1n) is 5.38. The lowest BCUT2D eigenvalue weighted by atomic mass is 9.89. The number of fused-ring (bicyclic) bond motifs is 1. The number of hydrogen-bond donors (Lipinski definition) is 2. The fourth-order valence-electron chi connectivity index (χ4n) is 2.12. The summed E-state index contributed by atoms with van der Waals surface area (Å²) in [6.07, 6.45) is 5.08. The van der Waals surface area contributed by atoms with Crippen LogP contribution in [0.3, 0.4) is 0 Å². The zero-order valence-corrected chi connectivity index (χ0v) is 8.50. The van der Waals surface area contributed by atoms with E-state index in [9.17, 15) is 0 Å². The summed E-state index contributed by atoms with van der Waals surface area (Å²) in [4.78, 5) is 0. The van der Waals surface area contributed by atoms with Gasteiger partial charge in [-0.1, -0.05) is 18.2 Å². The molecule has 1 atom stereocenters. The third kappa shape index (κ3) is 1.81. The fraction of sp³-hybridized carbons (Fsp3) is 0.500. The minimum absolute atomic E-state index is 0.00206. The average molecular weight is 190 g/mol. The van der Waals surface area contributed by atoms with Gasteiger partial charge in [-0.05, 0) is 42.4 Å². The number of rotatable bonds is 2. The summed E-state index contributed by atoms with van der Waals surface area (Å²) in [6.45, 7) is 0.527. The molecule has 1 aromatic rings. The van der Waals surface area contributed by atoms with E-state index in [4.69, 9.17) is 11.5 Å². The van der Waals surface area contributed by atoms with Crippen molar-refractivity contribution in [2.75, 3.05) is 6.54 Å². The minimum atomic E-state index is 0.00206. The largest absolute Gasteiger partial charge is 0.329 e. The van der Waals surface area contributed by atoms with Crippen LogP contribution in [0, 0.1) is 0 Å². The maximum absolute atomic E-state index is 5.90. The molecule has 1 aliphatic carbocycles. The molecule has 0 spiro atoms. The predicted octanol–water partition coefficient (Wildman–Crippen LogP) is 1.52.